The van der Waals surface area contributed by atoms with Crippen LogP contribution >= 0.6 is 0 Å². The van der Waals surface area contributed by atoms with Gasteiger partial charge in [-0.05, 0) is 37.6 Å². The van der Waals surface area contributed by atoms with Crippen LogP contribution in [0.2, 0.25) is 0 Å². The molecule has 0 saturated heterocycles. The Labute approximate surface area is 191 Å². The Morgan fingerprint density at radius 2 is 1.61 bits per heavy atom. The fourth-order valence-electron chi connectivity index (χ4n) is 3.46. The molecule has 0 bridgehead atoms. The lowest BCUT2D eigenvalue weighted by Gasteiger charge is -2.23. The van der Waals surface area contributed by atoms with Crippen molar-refractivity contribution in [2.75, 3.05) is 27.9 Å². The number of hydrogen-bond acceptors (Lipinski definition) is 7. The summed E-state index contributed by atoms with van der Waals surface area (Å²) in [6.45, 7) is 3.39. The van der Waals surface area contributed by atoms with Crippen LogP contribution in [0, 0.1) is 0 Å². The number of benzene rings is 2. The maximum atomic E-state index is 13.7. The number of methoxy groups -OCH3 is 3. The van der Waals surface area contributed by atoms with E-state index in [9.17, 15) is 14.4 Å². The third-order valence-corrected chi connectivity index (χ3v) is 5.14. The molecular weight excluding hydrogens is 426 g/mol. The average molecular weight is 453 g/mol. The molecule has 3 aromatic rings. The fraction of sp³-hybridized carbons (Fsp3) is 0.333. The van der Waals surface area contributed by atoms with E-state index in [0.29, 0.717) is 27.8 Å². The standard InChI is InChI=1S/C24H27N3O6/c1-15(2)27-23(29)20-9-7-6-8-19(20)22(25-27)24(30)26(14-21(28)33-5)13-16-10-17(31-3)12-18(11-16)32-4/h6-12,15H,13-14H2,1-5H3. The molecule has 33 heavy (non-hydrogen) atoms. The largest absolute Gasteiger partial charge is 0.497 e. The zero-order valence-corrected chi connectivity index (χ0v) is 19.3. The van der Waals surface area contributed by atoms with Gasteiger partial charge >= 0.3 is 5.97 Å². The molecule has 0 aliphatic carbocycles. The molecule has 0 aliphatic rings. The van der Waals surface area contributed by atoms with Crippen molar-refractivity contribution in [1.29, 1.82) is 0 Å². The molecule has 1 amide bonds. The van der Waals surface area contributed by atoms with E-state index >= 15 is 0 Å². The van der Waals surface area contributed by atoms with E-state index in [0.717, 1.165) is 0 Å². The summed E-state index contributed by atoms with van der Waals surface area (Å²) in [5.41, 5.74) is 0.483. The van der Waals surface area contributed by atoms with Gasteiger partial charge in [-0.3, -0.25) is 14.4 Å². The normalized spacial score (nSPS) is 10.8. The molecular formula is C24H27N3O6. The van der Waals surface area contributed by atoms with Gasteiger partial charge in [0.2, 0.25) is 0 Å². The van der Waals surface area contributed by atoms with E-state index in [1.54, 1.807) is 42.5 Å². The molecule has 0 N–H and O–H groups in total. The first kappa shape index (κ1) is 23.8. The van der Waals surface area contributed by atoms with Crippen LogP contribution < -0.4 is 15.0 Å². The van der Waals surface area contributed by atoms with Crippen LogP contribution in [0.3, 0.4) is 0 Å². The summed E-state index contributed by atoms with van der Waals surface area (Å²) in [6, 6.07) is 11.8. The lowest BCUT2D eigenvalue weighted by molar-refractivity contribution is -0.141. The van der Waals surface area contributed by atoms with Gasteiger partial charge in [0.15, 0.2) is 5.69 Å². The van der Waals surface area contributed by atoms with Crippen LogP contribution in [0.5, 0.6) is 11.5 Å². The Bertz CT molecular complexity index is 1210. The summed E-state index contributed by atoms with van der Waals surface area (Å²) in [6.07, 6.45) is 0. The highest BCUT2D eigenvalue weighted by molar-refractivity contribution is 6.05. The minimum Gasteiger partial charge on any atom is -0.497 e. The van der Waals surface area contributed by atoms with E-state index in [2.05, 4.69) is 5.10 Å². The quantitative estimate of drug-likeness (QED) is 0.484. The third kappa shape index (κ3) is 5.14. The molecule has 1 aromatic heterocycles. The van der Waals surface area contributed by atoms with Gasteiger partial charge in [-0.1, -0.05) is 18.2 Å². The number of aromatic nitrogens is 2. The van der Waals surface area contributed by atoms with Gasteiger partial charge in [0.1, 0.15) is 18.0 Å². The molecule has 0 fully saturated rings. The van der Waals surface area contributed by atoms with E-state index in [-0.39, 0.29) is 30.4 Å². The van der Waals surface area contributed by atoms with Crippen molar-refractivity contribution in [2.24, 2.45) is 0 Å². The summed E-state index contributed by atoms with van der Waals surface area (Å²) in [4.78, 5) is 40.0. The minimum absolute atomic E-state index is 0.0678. The van der Waals surface area contributed by atoms with Crippen LogP contribution in [0.15, 0.2) is 47.3 Å². The van der Waals surface area contributed by atoms with Crippen LogP contribution in [0.1, 0.15) is 35.9 Å². The second-order valence-corrected chi connectivity index (χ2v) is 7.70. The zero-order chi connectivity index (χ0) is 24.1. The summed E-state index contributed by atoms with van der Waals surface area (Å²) in [5, 5.41) is 5.17. The first-order valence-electron chi connectivity index (χ1n) is 10.4. The number of amides is 1. The van der Waals surface area contributed by atoms with E-state index in [4.69, 9.17) is 14.2 Å². The highest BCUT2D eigenvalue weighted by atomic mass is 16.5. The lowest BCUT2D eigenvalue weighted by Crippen LogP contribution is -2.38. The van der Waals surface area contributed by atoms with E-state index < -0.39 is 11.9 Å². The minimum atomic E-state index is -0.584. The fourth-order valence-corrected chi connectivity index (χ4v) is 3.46. The van der Waals surface area contributed by atoms with Crippen LogP contribution in [-0.2, 0) is 16.1 Å². The van der Waals surface area contributed by atoms with E-state index in [1.165, 1.54) is 30.9 Å². The molecule has 0 saturated carbocycles. The number of ether oxygens (including phenoxy) is 3. The van der Waals surface area contributed by atoms with Gasteiger partial charge in [0.05, 0.1) is 32.8 Å². The van der Waals surface area contributed by atoms with Gasteiger partial charge in [-0.2, -0.15) is 5.10 Å². The summed E-state index contributed by atoms with van der Waals surface area (Å²) in [7, 11) is 4.31. The Balaban J connectivity index is 2.12. The maximum absolute atomic E-state index is 13.7. The summed E-state index contributed by atoms with van der Waals surface area (Å²) < 4.78 is 16.7. The first-order chi connectivity index (χ1) is 15.8. The molecule has 0 unspecified atom stereocenters. The number of hydrogen-bond donors (Lipinski definition) is 0. The SMILES string of the molecule is COC(=O)CN(Cc1cc(OC)cc(OC)c1)C(=O)c1nn(C(C)C)c(=O)c2ccccc12. The first-order valence-corrected chi connectivity index (χ1v) is 10.4. The van der Waals surface area contributed by atoms with Crippen molar-refractivity contribution in [2.45, 2.75) is 26.4 Å². The zero-order valence-electron chi connectivity index (χ0n) is 19.3. The number of carbonyl (C=O) groups is 2. The van der Waals surface area contributed by atoms with Crippen molar-refractivity contribution in [1.82, 2.24) is 14.7 Å². The second kappa shape index (κ2) is 10.2. The second-order valence-electron chi connectivity index (χ2n) is 7.70. The number of fused-ring (bicyclic) bond motifs is 1. The Morgan fingerprint density at radius 1 is 1.00 bits per heavy atom. The molecule has 9 heteroatoms. The van der Waals surface area contributed by atoms with E-state index in [1.807, 2.05) is 13.8 Å². The molecule has 2 aromatic carbocycles. The number of carbonyl (C=O) groups excluding carboxylic acids is 2. The number of nitrogens with zero attached hydrogens (tertiary/aromatic N) is 3. The Hall–Kier alpha value is -3.88. The number of rotatable bonds is 8. The molecule has 0 atom stereocenters. The highest BCUT2D eigenvalue weighted by Crippen LogP contribution is 2.24. The van der Waals surface area contributed by atoms with Crippen LogP contribution in [0.25, 0.3) is 10.8 Å². The van der Waals surface area contributed by atoms with Crippen molar-refractivity contribution in [3.63, 3.8) is 0 Å². The van der Waals surface area contributed by atoms with Gasteiger partial charge in [0, 0.05) is 18.0 Å². The smallest absolute Gasteiger partial charge is 0.325 e. The predicted octanol–water partition coefficient (Wildman–Crippen LogP) is 2.81. The van der Waals surface area contributed by atoms with Gasteiger partial charge in [-0.25, -0.2) is 4.68 Å². The average Bonchev–Trinajstić information content (AvgIpc) is 2.82. The molecule has 3 rings (SSSR count). The predicted molar refractivity (Wildman–Crippen MR) is 123 cm³/mol. The molecule has 0 radical (unpaired) electrons. The Kier molecular flexibility index (Phi) is 7.32. The summed E-state index contributed by atoms with van der Waals surface area (Å²) in [5.74, 6) is 0.00554. The topological polar surface area (TPSA) is 100.0 Å². The lowest BCUT2D eigenvalue weighted by atomic mass is 10.1. The molecule has 9 nitrogen and oxygen atoms in total. The molecule has 0 aliphatic heterocycles. The van der Waals surface area contributed by atoms with Gasteiger partial charge < -0.3 is 19.1 Å². The molecule has 174 valence electrons. The van der Waals surface area contributed by atoms with Crippen LogP contribution in [0.4, 0.5) is 0 Å². The Morgan fingerprint density at radius 3 is 2.15 bits per heavy atom. The van der Waals surface area contributed by atoms with Crippen molar-refractivity contribution in [3.8, 4) is 11.5 Å². The monoisotopic (exact) mass is 453 g/mol. The molecule has 0 spiro atoms. The highest BCUT2D eigenvalue weighted by Gasteiger charge is 2.25. The van der Waals surface area contributed by atoms with Gasteiger partial charge in [-0.15, -0.1) is 0 Å². The third-order valence-electron chi connectivity index (χ3n) is 5.14. The van der Waals surface area contributed by atoms with Crippen LogP contribution in [-0.4, -0.2) is 54.4 Å². The molecule has 1 heterocycles. The maximum Gasteiger partial charge on any atom is 0.325 e. The van der Waals surface area contributed by atoms with Crippen molar-refractivity contribution >= 4 is 22.6 Å². The van der Waals surface area contributed by atoms with Crippen molar-refractivity contribution in [3.05, 3.63) is 64.1 Å². The van der Waals surface area contributed by atoms with Gasteiger partial charge in [0.25, 0.3) is 11.5 Å². The number of esters is 1. The van der Waals surface area contributed by atoms with Crippen molar-refractivity contribution < 1.29 is 23.8 Å². The summed E-state index contributed by atoms with van der Waals surface area (Å²) >= 11 is 0.